The SMILES string of the molecule is CC[C@@H](C)NC(=O)[C@H](CC)N(Cc1cccc(OC)c1)C(=O)CN(c1ccc(Cl)c(C(F)(F)F)c1)S(=O)(=O)c1ccc(C)cc1. The normalized spacial score (nSPS) is 13.1. The molecular weight excluding hydrogens is 631 g/mol. The molecule has 0 spiro atoms. The zero-order valence-electron chi connectivity index (χ0n) is 25.7. The maximum absolute atomic E-state index is 14.2. The standard InChI is InChI=1S/C32H37ClF3N3O5S/c1-6-22(4)37-31(41)29(7-2)38(19-23-9-8-10-25(17-23)44-5)30(40)20-39(45(42,43)26-14-11-21(3)12-15-26)24-13-16-28(33)27(18-24)32(34,35)36/h8-18,22,29H,6-7,19-20H2,1-5H3,(H,37,41)/t22-,29+/m1/s1. The lowest BCUT2D eigenvalue weighted by Crippen LogP contribution is -2.53. The fourth-order valence-corrected chi connectivity index (χ4v) is 6.21. The number of sulfonamides is 1. The molecule has 0 aliphatic carbocycles. The third kappa shape index (κ3) is 8.91. The lowest BCUT2D eigenvalue weighted by molar-refractivity contribution is -0.140. The third-order valence-electron chi connectivity index (χ3n) is 7.31. The Bertz CT molecular complexity index is 1600. The molecule has 1 N–H and O–H groups in total. The molecule has 0 bridgehead atoms. The van der Waals surface area contributed by atoms with Crippen LogP contribution in [0.3, 0.4) is 0 Å². The molecule has 0 heterocycles. The lowest BCUT2D eigenvalue weighted by Gasteiger charge is -2.34. The summed E-state index contributed by atoms with van der Waals surface area (Å²) in [6, 6.07) is 13.9. The van der Waals surface area contributed by atoms with Gasteiger partial charge in [-0.25, -0.2) is 8.42 Å². The van der Waals surface area contributed by atoms with Crippen LogP contribution >= 0.6 is 11.6 Å². The van der Waals surface area contributed by atoms with E-state index in [1.807, 2.05) is 13.8 Å². The van der Waals surface area contributed by atoms with Crippen molar-refractivity contribution in [3.05, 3.63) is 88.4 Å². The number of nitrogens with one attached hydrogen (secondary N) is 1. The lowest BCUT2D eigenvalue weighted by atomic mass is 10.1. The Balaban J connectivity index is 2.16. The van der Waals surface area contributed by atoms with Gasteiger partial charge in [-0.15, -0.1) is 0 Å². The van der Waals surface area contributed by atoms with Gasteiger partial charge in [-0.05, 0) is 74.7 Å². The van der Waals surface area contributed by atoms with E-state index in [1.165, 1.54) is 36.3 Å². The largest absolute Gasteiger partial charge is 0.497 e. The molecule has 45 heavy (non-hydrogen) atoms. The Hall–Kier alpha value is -3.77. The van der Waals surface area contributed by atoms with Gasteiger partial charge in [-0.2, -0.15) is 13.2 Å². The molecule has 0 fully saturated rings. The van der Waals surface area contributed by atoms with Crippen molar-refractivity contribution in [3.63, 3.8) is 0 Å². The van der Waals surface area contributed by atoms with Crippen molar-refractivity contribution in [1.82, 2.24) is 10.2 Å². The van der Waals surface area contributed by atoms with Crippen LogP contribution in [0.2, 0.25) is 5.02 Å². The van der Waals surface area contributed by atoms with E-state index in [0.29, 0.717) is 28.1 Å². The van der Waals surface area contributed by atoms with Crippen molar-refractivity contribution in [2.75, 3.05) is 18.0 Å². The van der Waals surface area contributed by atoms with Crippen molar-refractivity contribution in [3.8, 4) is 5.75 Å². The van der Waals surface area contributed by atoms with Crippen LogP contribution in [-0.2, 0) is 32.3 Å². The van der Waals surface area contributed by atoms with Gasteiger partial charge in [0.2, 0.25) is 11.8 Å². The average molecular weight is 668 g/mol. The molecule has 0 radical (unpaired) electrons. The molecule has 0 unspecified atom stereocenters. The molecule has 0 saturated heterocycles. The number of carbonyl (C=O) groups excluding carboxylic acids is 2. The fraction of sp³-hybridized carbons (Fsp3) is 0.375. The van der Waals surface area contributed by atoms with Crippen molar-refractivity contribution < 1.29 is 35.9 Å². The molecule has 0 saturated carbocycles. The minimum Gasteiger partial charge on any atom is -0.497 e. The number of anilines is 1. The predicted octanol–water partition coefficient (Wildman–Crippen LogP) is 6.59. The smallest absolute Gasteiger partial charge is 0.417 e. The topological polar surface area (TPSA) is 96.0 Å². The highest BCUT2D eigenvalue weighted by molar-refractivity contribution is 7.92. The minimum absolute atomic E-state index is 0.102. The monoisotopic (exact) mass is 667 g/mol. The Morgan fingerprint density at radius 3 is 2.24 bits per heavy atom. The van der Waals surface area contributed by atoms with E-state index in [9.17, 15) is 31.2 Å². The average Bonchev–Trinajstić information content (AvgIpc) is 2.99. The molecule has 0 aliphatic rings. The molecule has 3 aromatic rings. The van der Waals surface area contributed by atoms with Gasteiger partial charge in [0.05, 0.1) is 28.3 Å². The number of hydrogen-bond donors (Lipinski definition) is 1. The highest BCUT2D eigenvalue weighted by atomic mass is 35.5. The molecule has 3 aromatic carbocycles. The second-order valence-electron chi connectivity index (χ2n) is 10.6. The summed E-state index contributed by atoms with van der Waals surface area (Å²) in [7, 11) is -3.10. The summed E-state index contributed by atoms with van der Waals surface area (Å²) in [6.07, 6.45) is -4.08. The number of nitrogens with zero attached hydrogens (tertiary/aromatic N) is 2. The molecule has 2 atom stereocenters. The van der Waals surface area contributed by atoms with Gasteiger partial charge in [0.1, 0.15) is 18.3 Å². The number of alkyl halides is 3. The third-order valence-corrected chi connectivity index (χ3v) is 9.42. The maximum atomic E-state index is 14.2. The number of carbonyl (C=O) groups is 2. The molecule has 0 aliphatic heterocycles. The van der Waals surface area contributed by atoms with Gasteiger partial charge in [0.15, 0.2) is 0 Å². The Morgan fingerprint density at radius 2 is 1.67 bits per heavy atom. The van der Waals surface area contributed by atoms with Crippen LogP contribution in [0.1, 0.15) is 50.3 Å². The molecule has 13 heteroatoms. The van der Waals surface area contributed by atoms with E-state index < -0.39 is 56.9 Å². The molecule has 0 aromatic heterocycles. The predicted molar refractivity (Wildman–Crippen MR) is 168 cm³/mol. The molecule has 3 rings (SSSR count). The van der Waals surface area contributed by atoms with Crippen LogP contribution in [0.15, 0.2) is 71.6 Å². The zero-order chi connectivity index (χ0) is 33.5. The number of rotatable bonds is 13. The van der Waals surface area contributed by atoms with E-state index in [4.69, 9.17) is 16.3 Å². The van der Waals surface area contributed by atoms with E-state index in [1.54, 1.807) is 38.1 Å². The van der Waals surface area contributed by atoms with Crippen molar-refractivity contribution in [2.24, 2.45) is 0 Å². The Kier molecular flexibility index (Phi) is 11.9. The van der Waals surface area contributed by atoms with E-state index in [2.05, 4.69) is 5.32 Å². The molecule has 244 valence electrons. The minimum atomic E-state index is -4.89. The summed E-state index contributed by atoms with van der Waals surface area (Å²) < 4.78 is 75.4. The first kappa shape index (κ1) is 35.7. The molecular formula is C32H37ClF3N3O5S. The fourth-order valence-electron chi connectivity index (χ4n) is 4.58. The molecule has 8 nitrogen and oxygen atoms in total. The summed E-state index contributed by atoms with van der Waals surface area (Å²) in [6.45, 7) is 6.16. The number of benzene rings is 3. The quantitative estimate of drug-likeness (QED) is 0.222. The Labute approximate surface area is 267 Å². The van der Waals surface area contributed by atoms with Crippen LogP contribution < -0.4 is 14.4 Å². The maximum Gasteiger partial charge on any atom is 0.417 e. The summed E-state index contributed by atoms with van der Waals surface area (Å²) in [5.74, 6) is -0.744. The highest BCUT2D eigenvalue weighted by Gasteiger charge is 2.37. The van der Waals surface area contributed by atoms with Crippen molar-refractivity contribution in [2.45, 2.75) is 70.2 Å². The summed E-state index contributed by atoms with van der Waals surface area (Å²) in [5.41, 5.74) is -0.328. The first-order chi connectivity index (χ1) is 21.1. The van der Waals surface area contributed by atoms with Gasteiger partial charge in [0.25, 0.3) is 10.0 Å². The first-order valence-corrected chi connectivity index (χ1v) is 16.1. The van der Waals surface area contributed by atoms with Crippen molar-refractivity contribution in [1.29, 1.82) is 0 Å². The van der Waals surface area contributed by atoms with Gasteiger partial charge >= 0.3 is 6.18 Å². The summed E-state index contributed by atoms with van der Waals surface area (Å²) in [5, 5.41) is 2.24. The van der Waals surface area contributed by atoms with Crippen LogP contribution in [0.5, 0.6) is 5.75 Å². The van der Waals surface area contributed by atoms with Gasteiger partial charge in [-0.1, -0.05) is 55.3 Å². The molecule has 2 amide bonds. The van der Waals surface area contributed by atoms with Gasteiger partial charge < -0.3 is 15.0 Å². The van der Waals surface area contributed by atoms with E-state index >= 15 is 0 Å². The number of amides is 2. The number of halogens is 4. The first-order valence-electron chi connectivity index (χ1n) is 14.3. The Morgan fingerprint density at radius 1 is 1.00 bits per heavy atom. The van der Waals surface area contributed by atoms with Gasteiger partial charge in [0, 0.05) is 12.6 Å². The summed E-state index contributed by atoms with van der Waals surface area (Å²) >= 11 is 5.84. The number of ether oxygens (including phenoxy) is 1. The van der Waals surface area contributed by atoms with Crippen molar-refractivity contribution >= 4 is 39.1 Å². The van der Waals surface area contributed by atoms with Gasteiger partial charge in [-0.3, -0.25) is 13.9 Å². The van der Waals surface area contributed by atoms with E-state index in [-0.39, 0.29) is 23.9 Å². The van der Waals surface area contributed by atoms with Crippen LogP contribution in [0.25, 0.3) is 0 Å². The van der Waals surface area contributed by atoms with Crippen LogP contribution in [-0.4, -0.2) is 50.9 Å². The number of aryl methyl sites for hydroxylation is 1. The highest BCUT2D eigenvalue weighted by Crippen LogP contribution is 2.38. The number of methoxy groups -OCH3 is 1. The second kappa shape index (κ2) is 15.0. The zero-order valence-corrected chi connectivity index (χ0v) is 27.3. The van der Waals surface area contributed by atoms with Crippen LogP contribution in [0, 0.1) is 6.92 Å². The second-order valence-corrected chi connectivity index (χ2v) is 12.9. The summed E-state index contributed by atoms with van der Waals surface area (Å²) in [4.78, 5) is 28.6. The van der Waals surface area contributed by atoms with E-state index in [0.717, 1.165) is 17.7 Å². The van der Waals surface area contributed by atoms with Crippen LogP contribution in [0.4, 0.5) is 18.9 Å². The number of hydrogen-bond acceptors (Lipinski definition) is 5.